The Morgan fingerprint density at radius 2 is 2.24 bits per heavy atom. The number of amides is 3. The Hall–Kier alpha value is -1.82. The van der Waals surface area contributed by atoms with Crippen LogP contribution in [0, 0.1) is 11.7 Å². The van der Waals surface area contributed by atoms with Crippen molar-refractivity contribution in [2.45, 2.75) is 19.3 Å². The van der Waals surface area contributed by atoms with Crippen LogP contribution in [0.5, 0.6) is 0 Å². The Labute approximate surface area is 127 Å². The number of rotatable bonds is 3. The van der Waals surface area contributed by atoms with E-state index in [1.54, 1.807) is 4.90 Å². The number of primary amides is 1. The van der Waals surface area contributed by atoms with Crippen molar-refractivity contribution < 1.29 is 14.0 Å². The van der Waals surface area contributed by atoms with Crippen molar-refractivity contribution >= 4 is 29.2 Å². The summed E-state index contributed by atoms with van der Waals surface area (Å²) in [6.45, 7) is 1.01. The molecule has 0 bridgehead atoms. The molecular formula is C14H17ClFN3O2. The third kappa shape index (κ3) is 4.32. The average molecular weight is 314 g/mol. The molecule has 0 saturated carbocycles. The van der Waals surface area contributed by atoms with Crippen LogP contribution in [-0.4, -0.2) is 29.9 Å². The van der Waals surface area contributed by atoms with Gasteiger partial charge in [0.2, 0.25) is 5.91 Å². The topological polar surface area (TPSA) is 75.4 Å². The first-order chi connectivity index (χ1) is 9.95. The van der Waals surface area contributed by atoms with Gasteiger partial charge in [0.05, 0.1) is 5.69 Å². The summed E-state index contributed by atoms with van der Waals surface area (Å²) in [6, 6.07) is 3.57. The average Bonchev–Trinajstić information content (AvgIpc) is 2.42. The monoisotopic (exact) mass is 313 g/mol. The second-order valence-electron chi connectivity index (χ2n) is 5.18. The molecule has 21 heavy (non-hydrogen) atoms. The summed E-state index contributed by atoms with van der Waals surface area (Å²) >= 11 is 5.78. The Kier molecular flexibility index (Phi) is 5.01. The van der Waals surface area contributed by atoms with Gasteiger partial charge < -0.3 is 16.0 Å². The van der Waals surface area contributed by atoms with E-state index in [4.69, 9.17) is 17.3 Å². The van der Waals surface area contributed by atoms with Crippen LogP contribution >= 0.6 is 11.6 Å². The second kappa shape index (κ2) is 6.76. The number of hydrogen-bond acceptors (Lipinski definition) is 2. The molecule has 0 radical (unpaired) electrons. The fourth-order valence-electron chi connectivity index (χ4n) is 2.49. The predicted molar refractivity (Wildman–Crippen MR) is 78.5 cm³/mol. The number of nitrogens with one attached hydrogen (secondary N) is 1. The molecule has 114 valence electrons. The molecule has 3 N–H and O–H groups in total. The number of carbonyl (C=O) groups is 2. The minimum atomic E-state index is -0.543. The third-order valence-electron chi connectivity index (χ3n) is 3.47. The highest BCUT2D eigenvalue weighted by atomic mass is 35.5. The van der Waals surface area contributed by atoms with Crippen LogP contribution < -0.4 is 11.1 Å². The summed E-state index contributed by atoms with van der Waals surface area (Å²) < 4.78 is 13.6. The van der Waals surface area contributed by atoms with Gasteiger partial charge in [-0.15, -0.1) is 0 Å². The maximum Gasteiger partial charge on any atom is 0.321 e. The van der Waals surface area contributed by atoms with Crippen molar-refractivity contribution in [2.75, 3.05) is 18.4 Å². The van der Waals surface area contributed by atoms with Crippen molar-refractivity contribution in [3.05, 3.63) is 29.0 Å². The first-order valence-electron chi connectivity index (χ1n) is 6.75. The minimum absolute atomic E-state index is 0.0459. The number of likely N-dealkylation sites (tertiary alicyclic amines) is 1. The number of piperidine rings is 1. The molecule has 1 aliphatic heterocycles. The van der Waals surface area contributed by atoms with E-state index in [1.165, 1.54) is 18.2 Å². The first-order valence-corrected chi connectivity index (χ1v) is 7.13. The van der Waals surface area contributed by atoms with Crippen LogP contribution in [0.4, 0.5) is 14.9 Å². The summed E-state index contributed by atoms with van der Waals surface area (Å²) in [6.07, 6.45) is 1.91. The molecule has 0 spiro atoms. The van der Waals surface area contributed by atoms with Crippen LogP contribution in [0.1, 0.15) is 19.3 Å². The molecule has 5 nitrogen and oxygen atoms in total. The molecule has 2 rings (SSSR count). The van der Waals surface area contributed by atoms with Crippen molar-refractivity contribution in [3.63, 3.8) is 0 Å². The number of urea groups is 1. The van der Waals surface area contributed by atoms with Gasteiger partial charge in [0.1, 0.15) is 5.82 Å². The van der Waals surface area contributed by atoms with Crippen LogP contribution in [-0.2, 0) is 4.79 Å². The number of benzene rings is 1. The molecule has 0 aromatic heterocycles. The van der Waals surface area contributed by atoms with Gasteiger partial charge in [-0.1, -0.05) is 11.6 Å². The zero-order valence-electron chi connectivity index (χ0n) is 11.4. The highest BCUT2D eigenvalue weighted by Gasteiger charge is 2.25. The largest absolute Gasteiger partial charge is 0.370 e. The Morgan fingerprint density at radius 1 is 1.48 bits per heavy atom. The first kappa shape index (κ1) is 15.6. The summed E-state index contributed by atoms with van der Waals surface area (Å²) in [4.78, 5) is 24.7. The highest BCUT2D eigenvalue weighted by molar-refractivity contribution is 6.30. The summed E-state index contributed by atoms with van der Waals surface area (Å²) in [7, 11) is 0. The van der Waals surface area contributed by atoms with Gasteiger partial charge in [0.25, 0.3) is 0 Å². The van der Waals surface area contributed by atoms with Gasteiger partial charge in [-0.2, -0.15) is 0 Å². The second-order valence-corrected chi connectivity index (χ2v) is 5.62. The lowest BCUT2D eigenvalue weighted by atomic mass is 9.95. The zero-order valence-corrected chi connectivity index (χ0v) is 12.2. The molecule has 1 aromatic carbocycles. The van der Waals surface area contributed by atoms with E-state index in [1.807, 2.05) is 0 Å². The van der Waals surface area contributed by atoms with E-state index in [0.29, 0.717) is 18.1 Å². The molecule has 1 heterocycles. The van der Waals surface area contributed by atoms with Gasteiger partial charge in [0, 0.05) is 24.5 Å². The maximum absolute atomic E-state index is 13.6. The van der Waals surface area contributed by atoms with E-state index in [0.717, 1.165) is 12.8 Å². The Balaban J connectivity index is 1.99. The van der Waals surface area contributed by atoms with Crippen LogP contribution in [0.2, 0.25) is 5.02 Å². The molecule has 0 unspecified atom stereocenters. The van der Waals surface area contributed by atoms with E-state index >= 15 is 0 Å². The molecule has 3 amide bonds. The number of hydrogen-bond donors (Lipinski definition) is 2. The highest BCUT2D eigenvalue weighted by Crippen LogP contribution is 2.22. The van der Waals surface area contributed by atoms with Crippen molar-refractivity contribution in [1.82, 2.24) is 4.90 Å². The molecule has 7 heteroatoms. The smallest absolute Gasteiger partial charge is 0.321 e. The van der Waals surface area contributed by atoms with Crippen LogP contribution in [0.15, 0.2) is 18.2 Å². The lowest BCUT2D eigenvalue weighted by Crippen LogP contribution is -2.43. The van der Waals surface area contributed by atoms with E-state index in [2.05, 4.69) is 5.32 Å². The van der Waals surface area contributed by atoms with E-state index < -0.39 is 11.8 Å². The number of anilines is 1. The number of halogens is 2. The standard InChI is InChI=1S/C14H17ClFN3O2/c15-10-3-4-11(16)12(7-10)18-14(21)19-5-1-2-9(8-19)6-13(17)20/h3-4,7,9H,1-2,5-6,8H2,(H2,17,20)(H,18,21)/t9-/m1/s1. The van der Waals surface area contributed by atoms with Crippen molar-refractivity contribution in [1.29, 1.82) is 0 Å². The number of carbonyl (C=O) groups excluding carboxylic acids is 2. The fraction of sp³-hybridized carbons (Fsp3) is 0.429. The number of nitrogens with two attached hydrogens (primary N) is 1. The third-order valence-corrected chi connectivity index (χ3v) is 3.70. The summed E-state index contributed by atoms with van der Waals surface area (Å²) in [5, 5.41) is 2.85. The fourth-order valence-corrected chi connectivity index (χ4v) is 2.66. The van der Waals surface area contributed by atoms with E-state index in [9.17, 15) is 14.0 Å². The van der Waals surface area contributed by atoms with Gasteiger partial charge in [-0.05, 0) is 37.0 Å². The molecule has 1 saturated heterocycles. The summed E-state index contributed by atoms with van der Waals surface area (Å²) in [5.41, 5.74) is 5.23. The SMILES string of the molecule is NC(=O)C[C@H]1CCCN(C(=O)Nc2cc(Cl)ccc2F)C1. The minimum Gasteiger partial charge on any atom is -0.370 e. The van der Waals surface area contributed by atoms with Gasteiger partial charge >= 0.3 is 6.03 Å². The molecule has 1 atom stereocenters. The van der Waals surface area contributed by atoms with Crippen molar-refractivity contribution in [2.24, 2.45) is 11.7 Å². The van der Waals surface area contributed by atoms with Gasteiger partial charge in [-0.25, -0.2) is 9.18 Å². The van der Waals surface area contributed by atoms with Crippen molar-refractivity contribution in [3.8, 4) is 0 Å². The quantitative estimate of drug-likeness (QED) is 0.900. The molecule has 0 aliphatic carbocycles. The van der Waals surface area contributed by atoms with Gasteiger partial charge in [0.15, 0.2) is 0 Å². The number of nitrogens with zero attached hydrogens (tertiary/aromatic N) is 1. The summed E-state index contributed by atoms with van der Waals surface area (Å²) in [5.74, 6) is -0.854. The van der Waals surface area contributed by atoms with Crippen LogP contribution in [0.25, 0.3) is 0 Å². The lowest BCUT2D eigenvalue weighted by molar-refractivity contribution is -0.119. The maximum atomic E-state index is 13.6. The van der Waals surface area contributed by atoms with Crippen LogP contribution in [0.3, 0.4) is 0 Å². The van der Waals surface area contributed by atoms with Gasteiger partial charge in [-0.3, -0.25) is 4.79 Å². The predicted octanol–water partition coefficient (Wildman–Crippen LogP) is 2.60. The molecule has 1 aromatic rings. The lowest BCUT2D eigenvalue weighted by Gasteiger charge is -2.32. The molecule has 1 aliphatic rings. The Bertz CT molecular complexity index is 553. The molecule has 1 fully saturated rings. The molecular weight excluding hydrogens is 297 g/mol. The normalized spacial score (nSPS) is 18.4. The zero-order chi connectivity index (χ0) is 15.4. The Morgan fingerprint density at radius 3 is 2.95 bits per heavy atom. The van der Waals surface area contributed by atoms with E-state index in [-0.39, 0.29) is 23.9 Å².